The van der Waals surface area contributed by atoms with Crippen LogP contribution in [0.25, 0.3) is 0 Å². The summed E-state index contributed by atoms with van der Waals surface area (Å²) in [7, 11) is 3.33. The van der Waals surface area contributed by atoms with Crippen molar-refractivity contribution in [2.45, 2.75) is 32.4 Å². The first-order chi connectivity index (χ1) is 11.1. The van der Waals surface area contributed by atoms with E-state index >= 15 is 0 Å². The summed E-state index contributed by atoms with van der Waals surface area (Å²) in [5.74, 6) is 2.69. The molecule has 0 radical (unpaired) electrons. The van der Waals surface area contributed by atoms with E-state index in [9.17, 15) is 4.79 Å². The molecule has 23 heavy (non-hydrogen) atoms. The molecule has 5 heteroatoms. The molecule has 1 aliphatic carbocycles. The minimum absolute atomic E-state index is 0.243. The van der Waals surface area contributed by atoms with Gasteiger partial charge in [0, 0.05) is 37.7 Å². The van der Waals surface area contributed by atoms with Gasteiger partial charge in [0.1, 0.15) is 11.5 Å². The smallest absolute Gasteiger partial charge is 0.223 e. The number of carbonyl (C=O) groups excluding carboxylic acids is 1. The molecule has 3 rings (SSSR count). The third-order valence-corrected chi connectivity index (χ3v) is 4.88. The molecule has 0 aromatic heterocycles. The summed E-state index contributed by atoms with van der Waals surface area (Å²) in [6.07, 6.45) is 2.07. The van der Waals surface area contributed by atoms with Crippen LogP contribution in [0.1, 0.15) is 25.3 Å². The maximum Gasteiger partial charge on any atom is 0.223 e. The number of nitrogens with one attached hydrogen (secondary N) is 1. The van der Waals surface area contributed by atoms with Gasteiger partial charge in [-0.05, 0) is 36.5 Å². The van der Waals surface area contributed by atoms with Gasteiger partial charge in [-0.1, -0.05) is 6.92 Å². The van der Waals surface area contributed by atoms with Gasteiger partial charge in [-0.25, -0.2) is 0 Å². The zero-order valence-electron chi connectivity index (χ0n) is 14.2. The molecule has 1 aromatic carbocycles. The van der Waals surface area contributed by atoms with Gasteiger partial charge in [0.15, 0.2) is 0 Å². The predicted molar refractivity (Wildman–Crippen MR) is 88.6 cm³/mol. The molecular weight excluding hydrogens is 292 g/mol. The lowest BCUT2D eigenvalue weighted by molar-refractivity contribution is -0.123. The molecule has 1 aliphatic heterocycles. The highest BCUT2D eigenvalue weighted by atomic mass is 16.5. The van der Waals surface area contributed by atoms with Crippen LogP contribution in [0.4, 0.5) is 0 Å². The zero-order valence-corrected chi connectivity index (χ0v) is 14.2. The van der Waals surface area contributed by atoms with Crippen molar-refractivity contribution >= 4 is 5.91 Å². The van der Waals surface area contributed by atoms with Crippen molar-refractivity contribution in [3.63, 3.8) is 0 Å². The fraction of sp³-hybridized carbons (Fsp3) is 0.611. The monoisotopic (exact) mass is 318 g/mol. The van der Waals surface area contributed by atoms with E-state index in [0.717, 1.165) is 44.0 Å². The number of likely N-dealkylation sites (tertiary alicyclic amines) is 1. The minimum atomic E-state index is 0.243. The average Bonchev–Trinajstić information content (AvgIpc) is 3.13. The number of benzene rings is 1. The maximum atomic E-state index is 12.0. The molecule has 126 valence electrons. The second kappa shape index (κ2) is 6.79. The molecular formula is C18H26N2O3. The Kier molecular flexibility index (Phi) is 4.76. The number of carbonyl (C=O) groups is 1. The van der Waals surface area contributed by atoms with Crippen molar-refractivity contribution < 1.29 is 14.3 Å². The summed E-state index contributed by atoms with van der Waals surface area (Å²) >= 11 is 0. The Morgan fingerprint density at radius 3 is 2.48 bits per heavy atom. The Labute approximate surface area is 137 Å². The quantitative estimate of drug-likeness (QED) is 0.872. The highest BCUT2D eigenvalue weighted by Crippen LogP contribution is 2.37. The van der Waals surface area contributed by atoms with Crippen molar-refractivity contribution in [2.24, 2.45) is 11.8 Å². The van der Waals surface area contributed by atoms with Gasteiger partial charge in [-0.15, -0.1) is 0 Å². The van der Waals surface area contributed by atoms with Gasteiger partial charge in [0.2, 0.25) is 5.91 Å². The summed E-state index contributed by atoms with van der Waals surface area (Å²) in [6.45, 7) is 4.90. The number of amides is 1. The lowest BCUT2D eigenvalue weighted by Crippen LogP contribution is -2.38. The number of hydrogen-bond acceptors (Lipinski definition) is 4. The summed E-state index contributed by atoms with van der Waals surface area (Å²) in [6, 6.07) is 6.25. The van der Waals surface area contributed by atoms with Crippen LogP contribution in [0.5, 0.6) is 11.5 Å². The Morgan fingerprint density at radius 1 is 1.26 bits per heavy atom. The summed E-state index contributed by atoms with van der Waals surface area (Å²) in [4.78, 5) is 14.4. The lowest BCUT2D eigenvalue weighted by atomic mass is 10.2. The fourth-order valence-electron chi connectivity index (χ4n) is 3.31. The van der Waals surface area contributed by atoms with Crippen molar-refractivity contribution in [2.75, 3.05) is 27.3 Å². The first-order valence-electron chi connectivity index (χ1n) is 8.33. The first-order valence-corrected chi connectivity index (χ1v) is 8.33. The molecule has 2 aliphatic rings. The molecule has 3 atom stereocenters. The van der Waals surface area contributed by atoms with Gasteiger partial charge in [-0.3, -0.25) is 9.69 Å². The van der Waals surface area contributed by atoms with E-state index in [4.69, 9.17) is 9.47 Å². The number of ether oxygens (including phenoxy) is 2. The van der Waals surface area contributed by atoms with E-state index in [0.29, 0.717) is 5.92 Å². The summed E-state index contributed by atoms with van der Waals surface area (Å²) in [5.41, 5.74) is 1.17. The molecule has 1 saturated carbocycles. The second-order valence-corrected chi connectivity index (χ2v) is 6.77. The van der Waals surface area contributed by atoms with Crippen LogP contribution in [0.2, 0.25) is 0 Å². The van der Waals surface area contributed by atoms with E-state index in [-0.39, 0.29) is 17.9 Å². The highest BCUT2D eigenvalue weighted by Gasteiger charge is 2.40. The molecule has 2 fully saturated rings. The van der Waals surface area contributed by atoms with E-state index < -0.39 is 0 Å². The predicted octanol–water partition coefficient (Wildman–Crippen LogP) is 2.05. The Balaban J connectivity index is 1.54. The van der Waals surface area contributed by atoms with Gasteiger partial charge in [-0.2, -0.15) is 0 Å². The molecule has 5 nitrogen and oxygen atoms in total. The summed E-state index contributed by atoms with van der Waals surface area (Å²) < 4.78 is 10.6. The second-order valence-electron chi connectivity index (χ2n) is 6.77. The van der Waals surface area contributed by atoms with Gasteiger partial charge in [0.25, 0.3) is 0 Å². The van der Waals surface area contributed by atoms with E-state index in [2.05, 4.69) is 17.1 Å². The molecule has 0 spiro atoms. The first kappa shape index (κ1) is 16.1. The van der Waals surface area contributed by atoms with Gasteiger partial charge in [0.05, 0.1) is 14.2 Å². The van der Waals surface area contributed by atoms with Crippen molar-refractivity contribution in [3.8, 4) is 11.5 Å². The number of methoxy groups -OCH3 is 2. The van der Waals surface area contributed by atoms with Crippen LogP contribution in [0.15, 0.2) is 18.2 Å². The van der Waals surface area contributed by atoms with Crippen molar-refractivity contribution in [3.05, 3.63) is 23.8 Å². The van der Waals surface area contributed by atoms with Crippen LogP contribution in [-0.4, -0.2) is 44.2 Å². The Bertz CT molecular complexity index is 553. The zero-order chi connectivity index (χ0) is 16.4. The van der Waals surface area contributed by atoms with Crippen LogP contribution in [0.3, 0.4) is 0 Å². The van der Waals surface area contributed by atoms with E-state index in [1.807, 2.05) is 18.2 Å². The molecule has 1 heterocycles. The number of hydrogen-bond donors (Lipinski definition) is 1. The molecule has 1 aromatic rings. The maximum absolute atomic E-state index is 12.0. The van der Waals surface area contributed by atoms with Crippen LogP contribution < -0.4 is 14.8 Å². The third-order valence-electron chi connectivity index (χ3n) is 4.88. The lowest BCUT2D eigenvalue weighted by Gasteiger charge is -2.18. The highest BCUT2D eigenvalue weighted by molar-refractivity contribution is 5.81. The fourth-order valence-corrected chi connectivity index (χ4v) is 3.31. The SMILES string of the molecule is COc1cc(CN2CC[C@H](NC(=O)[C@H]3C[C@H]3C)C2)cc(OC)c1. The molecule has 1 saturated heterocycles. The Morgan fingerprint density at radius 2 is 1.91 bits per heavy atom. The minimum Gasteiger partial charge on any atom is -0.497 e. The van der Waals surface area contributed by atoms with E-state index in [1.165, 1.54) is 5.56 Å². The topological polar surface area (TPSA) is 50.8 Å². The number of nitrogens with zero attached hydrogens (tertiary/aromatic N) is 1. The summed E-state index contributed by atoms with van der Waals surface area (Å²) in [5, 5.41) is 3.20. The van der Waals surface area contributed by atoms with Crippen LogP contribution in [-0.2, 0) is 11.3 Å². The largest absolute Gasteiger partial charge is 0.497 e. The molecule has 1 amide bonds. The van der Waals surface area contributed by atoms with Crippen molar-refractivity contribution in [1.29, 1.82) is 0 Å². The molecule has 0 bridgehead atoms. The van der Waals surface area contributed by atoms with Gasteiger partial charge >= 0.3 is 0 Å². The van der Waals surface area contributed by atoms with Gasteiger partial charge < -0.3 is 14.8 Å². The van der Waals surface area contributed by atoms with Crippen molar-refractivity contribution in [1.82, 2.24) is 10.2 Å². The van der Waals surface area contributed by atoms with Crippen LogP contribution >= 0.6 is 0 Å². The number of rotatable bonds is 6. The standard InChI is InChI=1S/C18H26N2O3/c1-12-6-17(12)18(21)19-14-4-5-20(11-14)10-13-7-15(22-2)9-16(8-13)23-3/h7-9,12,14,17H,4-6,10-11H2,1-3H3,(H,19,21)/t12-,14+,17+/m1/s1. The van der Waals surface area contributed by atoms with Crippen LogP contribution in [0, 0.1) is 11.8 Å². The molecule has 1 N–H and O–H groups in total. The Hall–Kier alpha value is -1.75. The molecule has 0 unspecified atom stereocenters. The third kappa shape index (κ3) is 3.96. The average molecular weight is 318 g/mol. The normalized spacial score (nSPS) is 26.8. The van der Waals surface area contributed by atoms with E-state index in [1.54, 1.807) is 14.2 Å².